The number of ether oxygens (including phenoxy) is 2. The maximum atomic E-state index is 9.19. The fraction of sp³-hybridized carbons (Fsp3) is 0.286. The van der Waals surface area contributed by atoms with E-state index in [0.717, 1.165) is 36.4 Å². The Hall–Kier alpha value is -2.26. The molecular weight excluding hydrogens is 463 g/mol. The second-order valence-corrected chi connectivity index (χ2v) is 8.73. The van der Waals surface area contributed by atoms with Crippen LogP contribution in [0.5, 0.6) is 11.5 Å². The summed E-state index contributed by atoms with van der Waals surface area (Å²) in [6, 6.07) is 13.5. The van der Waals surface area contributed by atoms with Gasteiger partial charge in [-0.2, -0.15) is 8.42 Å². The Kier molecular flexibility index (Phi) is 10.1. The molecule has 2 N–H and O–H groups in total. The zero-order valence-electron chi connectivity index (χ0n) is 16.9. The molecule has 0 aliphatic heterocycles. The van der Waals surface area contributed by atoms with Gasteiger partial charge in [0.25, 0.3) is 10.1 Å². The molecule has 10 heteroatoms. The highest BCUT2D eigenvalue weighted by Gasteiger charge is 2.12. The summed E-state index contributed by atoms with van der Waals surface area (Å²) < 4.78 is 37.3. The molecule has 0 saturated heterocycles. The first kappa shape index (κ1) is 25.0. The highest BCUT2D eigenvalue weighted by atomic mass is 35.5. The molecule has 1 heterocycles. The molecule has 0 fully saturated rings. The number of nitrogens with one attached hydrogen (secondary N) is 1. The minimum atomic E-state index is -3.67. The average Bonchev–Trinajstić information content (AvgIpc) is 3.22. The van der Waals surface area contributed by atoms with E-state index in [2.05, 4.69) is 9.97 Å². The van der Waals surface area contributed by atoms with Crippen molar-refractivity contribution in [2.75, 3.05) is 19.5 Å². The lowest BCUT2D eigenvalue weighted by atomic mass is 10.1. The quantitative estimate of drug-likeness (QED) is 0.331. The van der Waals surface area contributed by atoms with Crippen LogP contribution in [0.3, 0.4) is 0 Å². The van der Waals surface area contributed by atoms with Crippen molar-refractivity contribution < 1.29 is 22.4 Å². The van der Waals surface area contributed by atoms with E-state index in [4.69, 9.17) is 37.2 Å². The molecule has 0 saturated carbocycles. The van der Waals surface area contributed by atoms with E-state index in [9.17, 15) is 8.42 Å². The predicted molar refractivity (Wildman–Crippen MR) is 122 cm³/mol. The lowest BCUT2D eigenvalue weighted by molar-refractivity contribution is 0.247. The van der Waals surface area contributed by atoms with Crippen LogP contribution in [-0.4, -0.2) is 42.4 Å². The number of rotatable bonds is 9. The zero-order valence-corrected chi connectivity index (χ0v) is 19.3. The smallest absolute Gasteiger partial charge is 0.261 e. The number of H-pyrrole nitrogens is 1. The lowest BCUT2D eigenvalue weighted by Crippen LogP contribution is -2.06. The van der Waals surface area contributed by atoms with Gasteiger partial charge in [-0.05, 0) is 30.2 Å². The summed E-state index contributed by atoms with van der Waals surface area (Å²) in [6.45, 7) is 1.05. The molecule has 0 amide bonds. The maximum absolute atomic E-state index is 9.19. The first-order valence-electron chi connectivity index (χ1n) is 9.42. The van der Waals surface area contributed by atoms with E-state index in [1.54, 1.807) is 6.20 Å². The van der Waals surface area contributed by atoms with Gasteiger partial charge in [-0.3, -0.25) is 4.55 Å². The van der Waals surface area contributed by atoms with Gasteiger partial charge in [0, 0.05) is 25.2 Å². The molecule has 7 nitrogen and oxygen atoms in total. The van der Waals surface area contributed by atoms with Gasteiger partial charge in [-0.1, -0.05) is 47.5 Å². The molecule has 0 aliphatic rings. The molecule has 0 unspecified atom stereocenters. The molecule has 2 aromatic carbocycles. The van der Waals surface area contributed by atoms with E-state index in [1.165, 1.54) is 0 Å². The fourth-order valence-corrected chi connectivity index (χ4v) is 3.10. The van der Waals surface area contributed by atoms with Crippen molar-refractivity contribution in [3.8, 4) is 11.5 Å². The largest absolute Gasteiger partial charge is 0.493 e. The minimum Gasteiger partial charge on any atom is -0.493 e. The van der Waals surface area contributed by atoms with E-state index < -0.39 is 10.1 Å². The summed E-state index contributed by atoms with van der Waals surface area (Å²) in [5.74, 6) is 2.31. The summed E-state index contributed by atoms with van der Waals surface area (Å²) in [4.78, 5) is 7.32. The Morgan fingerprint density at radius 1 is 1.03 bits per heavy atom. The van der Waals surface area contributed by atoms with Gasteiger partial charge in [-0.25, -0.2) is 4.98 Å². The van der Waals surface area contributed by atoms with Crippen LogP contribution in [0.25, 0.3) is 0 Å². The van der Waals surface area contributed by atoms with Crippen molar-refractivity contribution in [1.29, 1.82) is 0 Å². The van der Waals surface area contributed by atoms with Crippen molar-refractivity contribution in [2.45, 2.75) is 19.3 Å². The van der Waals surface area contributed by atoms with Gasteiger partial charge in [-0.15, -0.1) is 0 Å². The summed E-state index contributed by atoms with van der Waals surface area (Å²) in [5, 5.41) is 1.08. The topological polar surface area (TPSA) is 102 Å². The molecule has 0 aliphatic carbocycles. The lowest BCUT2D eigenvalue weighted by Gasteiger charge is -2.13. The van der Waals surface area contributed by atoms with Gasteiger partial charge >= 0.3 is 0 Å². The molecule has 0 bridgehead atoms. The Balaban J connectivity index is 0.000000614. The molecular formula is C21H24Cl2N2O5S. The molecule has 3 aromatic rings. The Labute approximate surface area is 192 Å². The molecule has 0 spiro atoms. The van der Waals surface area contributed by atoms with Crippen molar-refractivity contribution in [3.05, 3.63) is 76.3 Å². The van der Waals surface area contributed by atoms with Crippen LogP contribution in [0.15, 0.2) is 54.9 Å². The number of hydrogen-bond acceptors (Lipinski definition) is 5. The van der Waals surface area contributed by atoms with Crippen LogP contribution in [-0.2, 0) is 23.0 Å². The second-order valence-electron chi connectivity index (χ2n) is 6.48. The highest BCUT2D eigenvalue weighted by molar-refractivity contribution is 7.85. The van der Waals surface area contributed by atoms with Gasteiger partial charge in [0.1, 0.15) is 11.6 Å². The Bertz CT molecular complexity index is 1020. The third-order valence-electron chi connectivity index (χ3n) is 3.86. The summed E-state index contributed by atoms with van der Waals surface area (Å²) in [6.07, 6.45) is 6.54. The molecule has 1 aromatic heterocycles. The molecule has 0 atom stereocenters. The zero-order chi connectivity index (χ0) is 22.7. The van der Waals surface area contributed by atoms with Crippen molar-refractivity contribution >= 4 is 33.3 Å². The second kappa shape index (κ2) is 12.6. The number of nitrogens with zero attached hydrogens (tertiary/aromatic N) is 1. The van der Waals surface area contributed by atoms with E-state index in [-0.39, 0.29) is 0 Å². The summed E-state index contributed by atoms with van der Waals surface area (Å²) in [7, 11) is -3.67. The van der Waals surface area contributed by atoms with Crippen molar-refractivity contribution in [3.63, 3.8) is 0 Å². The van der Waals surface area contributed by atoms with E-state index >= 15 is 0 Å². The van der Waals surface area contributed by atoms with Crippen LogP contribution >= 0.6 is 23.2 Å². The normalized spacial score (nSPS) is 10.8. The minimum absolute atomic E-state index is 0.480. The maximum Gasteiger partial charge on any atom is 0.261 e. The van der Waals surface area contributed by atoms with Crippen LogP contribution in [0.2, 0.25) is 10.0 Å². The first-order chi connectivity index (χ1) is 14.7. The number of imidazole rings is 1. The van der Waals surface area contributed by atoms with E-state index in [0.29, 0.717) is 35.3 Å². The number of aryl methyl sites for hydroxylation is 2. The predicted octanol–water partition coefficient (Wildman–Crippen LogP) is 4.85. The van der Waals surface area contributed by atoms with E-state index in [1.807, 2.05) is 48.7 Å². The molecule has 0 radical (unpaired) electrons. The monoisotopic (exact) mass is 486 g/mol. The number of aromatic nitrogens is 2. The summed E-state index contributed by atoms with van der Waals surface area (Å²) >= 11 is 12.7. The fourth-order valence-electron chi connectivity index (χ4n) is 2.53. The highest BCUT2D eigenvalue weighted by Crippen LogP contribution is 2.36. The number of para-hydroxylation sites is 1. The summed E-state index contributed by atoms with van der Waals surface area (Å²) in [5.41, 5.74) is 0.989. The van der Waals surface area contributed by atoms with Gasteiger partial charge in [0.05, 0.1) is 29.5 Å². The SMILES string of the molecule is CS(=O)(=O)O.Clc1ccc(CCc2ncc[nH]2)c(Cl)c1OCCCOc1ccccc1. The first-order valence-corrected chi connectivity index (χ1v) is 12.0. The van der Waals surface area contributed by atoms with Gasteiger partial charge in [0.2, 0.25) is 0 Å². The van der Waals surface area contributed by atoms with Gasteiger partial charge < -0.3 is 14.5 Å². The number of hydrogen-bond donors (Lipinski definition) is 2. The van der Waals surface area contributed by atoms with Crippen LogP contribution in [0.1, 0.15) is 17.8 Å². The van der Waals surface area contributed by atoms with Crippen LogP contribution in [0.4, 0.5) is 0 Å². The molecule has 3 rings (SSSR count). The molecule has 31 heavy (non-hydrogen) atoms. The Morgan fingerprint density at radius 2 is 1.71 bits per heavy atom. The number of benzene rings is 2. The van der Waals surface area contributed by atoms with Crippen LogP contribution < -0.4 is 9.47 Å². The van der Waals surface area contributed by atoms with Crippen molar-refractivity contribution in [1.82, 2.24) is 9.97 Å². The Morgan fingerprint density at radius 3 is 2.35 bits per heavy atom. The third-order valence-corrected chi connectivity index (χ3v) is 4.57. The van der Waals surface area contributed by atoms with Gasteiger partial charge in [0.15, 0.2) is 5.75 Å². The van der Waals surface area contributed by atoms with Crippen LogP contribution in [0, 0.1) is 0 Å². The molecule has 168 valence electrons. The number of halogens is 2. The third kappa shape index (κ3) is 10.1. The van der Waals surface area contributed by atoms with Crippen molar-refractivity contribution in [2.24, 2.45) is 0 Å². The average molecular weight is 487 g/mol. The standard InChI is InChI=1S/C20H20Cl2N2O2.CH4O3S/c21-17-9-7-15(8-10-18-23-11-12-24-18)19(22)20(17)26-14-4-13-25-16-5-2-1-3-6-16;1-5(2,3)4/h1-3,5-7,9,11-12H,4,8,10,13-14H2,(H,23,24);1H3,(H,2,3,4). The number of aromatic amines is 1.